The zero-order chi connectivity index (χ0) is 10.8. The first-order chi connectivity index (χ1) is 7.20. The fraction of sp³-hybridized carbons (Fsp3) is 0.600. The highest BCUT2D eigenvalue weighted by Crippen LogP contribution is 2.10. The van der Waals surface area contributed by atoms with E-state index in [9.17, 15) is 4.79 Å². The van der Waals surface area contributed by atoms with E-state index in [1.807, 2.05) is 6.92 Å². The molecule has 1 aromatic heterocycles. The van der Waals surface area contributed by atoms with E-state index in [0.29, 0.717) is 12.3 Å². The summed E-state index contributed by atoms with van der Waals surface area (Å²) in [7, 11) is 1.77. The van der Waals surface area contributed by atoms with Gasteiger partial charge >= 0.3 is 0 Å². The molecule has 2 heterocycles. The van der Waals surface area contributed by atoms with Crippen molar-refractivity contribution in [2.24, 2.45) is 7.05 Å². The highest BCUT2D eigenvalue weighted by molar-refractivity contribution is 5.99. The highest BCUT2D eigenvalue weighted by Gasteiger charge is 2.30. The van der Waals surface area contributed by atoms with Crippen LogP contribution in [-0.2, 0) is 11.8 Å². The molecule has 5 heteroatoms. The number of nitrogens with zero attached hydrogens (tertiary/aromatic N) is 2. The number of morpholine rings is 1. The lowest BCUT2D eigenvalue weighted by molar-refractivity contribution is 0.0108. The molecule has 0 bridgehead atoms. The smallest absolute Gasteiger partial charge is 0.200 e. The van der Waals surface area contributed by atoms with Crippen molar-refractivity contribution in [1.82, 2.24) is 15.1 Å². The van der Waals surface area contributed by atoms with Crippen LogP contribution in [0.15, 0.2) is 12.3 Å². The fourth-order valence-corrected chi connectivity index (χ4v) is 1.80. The van der Waals surface area contributed by atoms with Crippen molar-refractivity contribution in [2.45, 2.75) is 19.1 Å². The fourth-order valence-electron chi connectivity index (χ4n) is 1.80. The molecule has 82 valence electrons. The lowest BCUT2D eigenvalue weighted by Gasteiger charge is -2.29. The van der Waals surface area contributed by atoms with Gasteiger partial charge in [-0.2, -0.15) is 5.10 Å². The number of carbonyl (C=O) groups excluding carboxylic acids is 1. The molecule has 15 heavy (non-hydrogen) atoms. The Hall–Kier alpha value is -1.20. The number of carbonyl (C=O) groups is 1. The first-order valence-electron chi connectivity index (χ1n) is 5.07. The third-order valence-electron chi connectivity index (χ3n) is 2.67. The van der Waals surface area contributed by atoms with Crippen molar-refractivity contribution in [1.29, 1.82) is 0 Å². The van der Waals surface area contributed by atoms with Gasteiger partial charge in [-0.3, -0.25) is 9.48 Å². The second kappa shape index (κ2) is 4.12. The number of nitrogens with one attached hydrogen (secondary N) is 1. The lowest BCUT2D eigenvalue weighted by Crippen LogP contribution is -2.51. The first kappa shape index (κ1) is 10.3. The van der Waals surface area contributed by atoms with E-state index in [0.717, 1.165) is 6.54 Å². The third-order valence-corrected chi connectivity index (χ3v) is 2.67. The molecule has 2 unspecified atom stereocenters. The van der Waals surface area contributed by atoms with Crippen molar-refractivity contribution in [3.05, 3.63) is 18.0 Å². The Kier molecular flexibility index (Phi) is 2.83. The molecule has 0 amide bonds. The summed E-state index contributed by atoms with van der Waals surface area (Å²) in [5.41, 5.74) is 0.616. The van der Waals surface area contributed by atoms with Crippen LogP contribution in [0.3, 0.4) is 0 Å². The SMILES string of the molecule is CC1OCCNC1C(=O)c1ccnn1C. The molecule has 1 aromatic rings. The molecule has 0 aliphatic carbocycles. The minimum Gasteiger partial charge on any atom is -0.375 e. The van der Waals surface area contributed by atoms with Gasteiger partial charge in [0.1, 0.15) is 5.69 Å². The van der Waals surface area contributed by atoms with Crippen molar-refractivity contribution in [2.75, 3.05) is 13.2 Å². The highest BCUT2D eigenvalue weighted by atomic mass is 16.5. The van der Waals surface area contributed by atoms with E-state index in [4.69, 9.17) is 4.74 Å². The average molecular weight is 209 g/mol. The summed E-state index contributed by atoms with van der Waals surface area (Å²) < 4.78 is 7.03. The largest absolute Gasteiger partial charge is 0.375 e. The Balaban J connectivity index is 2.17. The first-order valence-corrected chi connectivity index (χ1v) is 5.07. The van der Waals surface area contributed by atoms with Crippen molar-refractivity contribution in [3.8, 4) is 0 Å². The summed E-state index contributed by atoms with van der Waals surface area (Å²) in [5.74, 6) is 0.0437. The van der Waals surface area contributed by atoms with Crippen LogP contribution in [0, 0.1) is 0 Å². The molecular formula is C10H15N3O2. The van der Waals surface area contributed by atoms with Crippen molar-refractivity contribution >= 4 is 5.78 Å². The molecule has 0 radical (unpaired) electrons. The Morgan fingerprint density at radius 1 is 1.73 bits per heavy atom. The minimum absolute atomic E-state index is 0.0437. The molecule has 1 saturated heterocycles. The summed E-state index contributed by atoms with van der Waals surface area (Å²) in [6, 6.07) is 1.47. The number of hydrogen-bond acceptors (Lipinski definition) is 4. The van der Waals surface area contributed by atoms with Crippen LogP contribution in [0.2, 0.25) is 0 Å². The van der Waals surface area contributed by atoms with E-state index in [1.54, 1.807) is 24.0 Å². The lowest BCUT2D eigenvalue weighted by atomic mass is 10.0. The van der Waals surface area contributed by atoms with Crippen LogP contribution in [0.25, 0.3) is 0 Å². The van der Waals surface area contributed by atoms with Crippen LogP contribution in [0.1, 0.15) is 17.4 Å². The van der Waals surface area contributed by atoms with Gasteiger partial charge in [0.2, 0.25) is 0 Å². The van der Waals surface area contributed by atoms with Crippen molar-refractivity contribution < 1.29 is 9.53 Å². The Morgan fingerprint density at radius 3 is 3.13 bits per heavy atom. The Morgan fingerprint density at radius 2 is 2.53 bits per heavy atom. The monoisotopic (exact) mass is 209 g/mol. The second-order valence-corrected chi connectivity index (χ2v) is 3.71. The van der Waals surface area contributed by atoms with Gasteiger partial charge in [0, 0.05) is 19.8 Å². The molecule has 1 aliphatic heterocycles. The predicted molar refractivity (Wildman–Crippen MR) is 54.7 cm³/mol. The van der Waals surface area contributed by atoms with Gasteiger partial charge < -0.3 is 10.1 Å². The van der Waals surface area contributed by atoms with E-state index >= 15 is 0 Å². The molecule has 1 N–H and O–H groups in total. The molecule has 0 aromatic carbocycles. The van der Waals surface area contributed by atoms with Crippen molar-refractivity contribution in [3.63, 3.8) is 0 Å². The summed E-state index contributed by atoms with van der Waals surface area (Å²) in [6.07, 6.45) is 1.54. The minimum atomic E-state index is -0.255. The number of Topliss-reactive ketones (excluding diaryl/α,β-unsaturated/α-hetero) is 1. The maximum atomic E-state index is 12.1. The van der Waals surface area contributed by atoms with Gasteiger partial charge in [-0.1, -0.05) is 0 Å². The molecule has 5 nitrogen and oxygen atoms in total. The van der Waals surface area contributed by atoms with E-state index in [2.05, 4.69) is 10.4 Å². The Labute approximate surface area is 88.4 Å². The molecule has 0 spiro atoms. The standard InChI is InChI=1S/C10H15N3O2/c1-7-9(11-5-6-15-7)10(14)8-3-4-12-13(8)2/h3-4,7,9,11H,5-6H2,1-2H3. The van der Waals surface area contributed by atoms with Gasteiger partial charge in [0.25, 0.3) is 0 Å². The maximum Gasteiger partial charge on any atom is 0.200 e. The number of ether oxygens (including phenoxy) is 1. The summed E-state index contributed by atoms with van der Waals surface area (Å²) in [4.78, 5) is 12.1. The Bertz CT molecular complexity index is 361. The number of hydrogen-bond donors (Lipinski definition) is 1. The molecular weight excluding hydrogens is 194 g/mol. The normalized spacial score (nSPS) is 26.5. The summed E-state index contributed by atoms with van der Waals surface area (Å²) in [5, 5.41) is 7.15. The van der Waals surface area contributed by atoms with Gasteiger partial charge in [0.05, 0.1) is 18.8 Å². The van der Waals surface area contributed by atoms with Gasteiger partial charge in [-0.15, -0.1) is 0 Å². The average Bonchev–Trinajstić information content (AvgIpc) is 2.64. The number of aryl methyl sites for hydroxylation is 1. The molecule has 2 atom stereocenters. The quantitative estimate of drug-likeness (QED) is 0.695. The maximum absolute atomic E-state index is 12.1. The van der Waals surface area contributed by atoms with Crippen LogP contribution in [-0.4, -0.2) is 40.9 Å². The van der Waals surface area contributed by atoms with E-state index in [-0.39, 0.29) is 17.9 Å². The zero-order valence-electron chi connectivity index (χ0n) is 8.93. The van der Waals surface area contributed by atoms with E-state index < -0.39 is 0 Å². The molecule has 0 saturated carbocycles. The van der Waals surface area contributed by atoms with Gasteiger partial charge in [-0.05, 0) is 13.0 Å². The van der Waals surface area contributed by atoms with E-state index in [1.165, 1.54) is 0 Å². The van der Waals surface area contributed by atoms with Gasteiger partial charge in [0.15, 0.2) is 5.78 Å². The number of aromatic nitrogens is 2. The summed E-state index contributed by atoms with van der Waals surface area (Å²) >= 11 is 0. The topological polar surface area (TPSA) is 56.1 Å². The summed E-state index contributed by atoms with van der Waals surface area (Å²) in [6.45, 7) is 3.29. The van der Waals surface area contributed by atoms with Gasteiger partial charge in [-0.25, -0.2) is 0 Å². The van der Waals surface area contributed by atoms with Crippen LogP contribution in [0.5, 0.6) is 0 Å². The molecule has 2 rings (SSSR count). The second-order valence-electron chi connectivity index (χ2n) is 3.71. The zero-order valence-corrected chi connectivity index (χ0v) is 8.93. The molecule has 1 fully saturated rings. The van der Waals surface area contributed by atoms with Crippen LogP contribution >= 0.6 is 0 Å². The number of ketones is 1. The number of rotatable bonds is 2. The predicted octanol–water partition coefficient (Wildman–Crippen LogP) is -0.0203. The van der Waals surface area contributed by atoms with Crippen LogP contribution < -0.4 is 5.32 Å². The van der Waals surface area contributed by atoms with Crippen LogP contribution in [0.4, 0.5) is 0 Å². The third kappa shape index (κ3) is 1.93. The molecule has 1 aliphatic rings.